The summed E-state index contributed by atoms with van der Waals surface area (Å²) >= 11 is 6.12. The maximum absolute atomic E-state index is 11.9. The van der Waals surface area contributed by atoms with Crippen LogP contribution < -0.4 is 4.74 Å². The Morgan fingerprint density at radius 1 is 1.34 bits per heavy atom. The molecule has 1 aliphatic rings. The van der Waals surface area contributed by atoms with Gasteiger partial charge in [0.1, 0.15) is 10.8 Å². The van der Waals surface area contributed by atoms with Gasteiger partial charge in [0.25, 0.3) is 0 Å². The van der Waals surface area contributed by atoms with Crippen molar-refractivity contribution in [3.63, 3.8) is 0 Å². The van der Waals surface area contributed by atoms with Crippen LogP contribution in [0.4, 0.5) is 0 Å². The molecule has 156 valence electrons. The average molecular weight is 440 g/mol. The third-order valence-electron chi connectivity index (χ3n) is 5.08. The number of rotatable bonds is 8. The maximum Gasteiger partial charge on any atom is 0.223 e. The van der Waals surface area contributed by atoms with E-state index in [1.165, 1.54) is 19.6 Å². The molecule has 29 heavy (non-hydrogen) atoms. The minimum absolute atomic E-state index is 0.0773. The number of pyridine rings is 2. The summed E-state index contributed by atoms with van der Waals surface area (Å²) in [5, 5.41) is 5.37. The molecular formula is C18H22ClN5O4S. The Hall–Kier alpha value is -2.13. The first-order chi connectivity index (χ1) is 13.6. The van der Waals surface area contributed by atoms with Crippen LogP contribution in [0.5, 0.6) is 5.88 Å². The Labute approximate surface area is 173 Å². The van der Waals surface area contributed by atoms with Crippen molar-refractivity contribution in [2.24, 2.45) is 5.11 Å². The van der Waals surface area contributed by atoms with Crippen LogP contribution in [0.25, 0.3) is 21.2 Å². The van der Waals surface area contributed by atoms with Crippen molar-refractivity contribution < 1.29 is 17.9 Å². The normalized spacial score (nSPS) is 17.8. The maximum atomic E-state index is 11.9. The van der Waals surface area contributed by atoms with Crippen molar-refractivity contribution in [3.8, 4) is 5.88 Å². The van der Waals surface area contributed by atoms with Gasteiger partial charge in [0, 0.05) is 30.7 Å². The third-order valence-corrected chi connectivity index (χ3v) is 6.33. The molecule has 0 N–H and O–H groups in total. The predicted molar refractivity (Wildman–Crippen MR) is 110 cm³/mol. The standard InChI is InChI=1S/C18H22ClN5O4S/c1-17(10-27-2,23-24-20)14-9-22-16(13-8-21-15(19)7-12(13)14)28-18(5-4-6-18)11-29(3,25)26/h7-9H,4-6,10-11H2,1-3H3/t17-/m1/s1. The Kier molecular flexibility index (Phi) is 5.91. The number of halogens is 1. The molecule has 0 saturated heterocycles. The van der Waals surface area contributed by atoms with E-state index in [2.05, 4.69) is 20.0 Å². The molecule has 0 spiro atoms. The highest BCUT2D eigenvalue weighted by Gasteiger charge is 2.43. The molecule has 3 rings (SSSR count). The topological polar surface area (TPSA) is 127 Å². The van der Waals surface area contributed by atoms with Gasteiger partial charge < -0.3 is 9.47 Å². The Balaban J connectivity index is 2.14. The second-order valence-corrected chi connectivity index (χ2v) is 10.2. The summed E-state index contributed by atoms with van der Waals surface area (Å²) < 4.78 is 35.1. The van der Waals surface area contributed by atoms with E-state index in [-0.39, 0.29) is 23.4 Å². The SMILES string of the molecule is COC[C@@](C)(N=[N+]=[N-])c1cnc(OC2(CS(C)(=O)=O)CCC2)c2cnc(Cl)cc12. The van der Waals surface area contributed by atoms with Crippen molar-refractivity contribution in [2.75, 3.05) is 25.7 Å². The fraction of sp³-hybridized carbons (Fsp3) is 0.556. The second-order valence-electron chi connectivity index (χ2n) is 7.63. The van der Waals surface area contributed by atoms with Gasteiger partial charge in [-0.05, 0) is 48.7 Å². The Bertz CT molecular complexity index is 1080. The van der Waals surface area contributed by atoms with Crippen molar-refractivity contribution in [3.05, 3.63) is 39.6 Å². The number of hydrogen-bond acceptors (Lipinski definition) is 7. The molecule has 1 fully saturated rings. The molecule has 0 aliphatic heterocycles. The number of fused-ring (bicyclic) bond motifs is 1. The summed E-state index contributed by atoms with van der Waals surface area (Å²) in [5.41, 5.74) is 7.81. The lowest BCUT2D eigenvalue weighted by Gasteiger charge is -2.41. The molecule has 2 heterocycles. The largest absolute Gasteiger partial charge is 0.469 e. The Morgan fingerprint density at radius 3 is 2.62 bits per heavy atom. The molecule has 1 aliphatic carbocycles. The van der Waals surface area contributed by atoms with E-state index in [9.17, 15) is 8.42 Å². The molecule has 9 nitrogen and oxygen atoms in total. The first-order valence-electron chi connectivity index (χ1n) is 8.98. The first-order valence-corrected chi connectivity index (χ1v) is 11.4. The van der Waals surface area contributed by atoms with Gasteiger partial charge in [-0.3, -0.25) is 0 Å². The molecule has 11 heteroatoms. The van der Waals surface area contributed by atoms with E-state index in [0.29, 0.717) is 29.2 Å². The highest BCUT2D eigenvalue weighted by Crippen LogP contribution is 2.41. The number of hydrogen-bond donors (Lipinski definition) is 0. The van der Waals surface area contributed by atoms with E-state index in [4.69, 9.17) is 26.6 Å². The zero-order valence-electron chi connectivity index (χ0n) is 16.4. The molecule has 1 atom stereocenters. The summed E-state index contributed by atoms with van der Waals surface area (Å²) in [5.74, 6) is 0.198. The van der Waals surface area contributed by atoms with Gasteiger partial charge in [-0.15, -0.1) is 0 Å². The van der Waals surface area contributed by atoms with Gasteiger partial charge in [-0.25, -0.2) is 18.4 Å². The van der Waals surface area contributed by atoms with E-state index >= 15 is 0 Å². The van der Waals surface area contributed by atoms with Crippen molar-refractivity contribution in [1.29, 1.82) is 0 Å². The van der Waals surface area contributed by atoms with Gasteiger partial charge in [-0.1, -0.05) is 16.7 Å². The summed E-state index contributed by atoms with van der Waals surface area (Å²) in [6.07, 6.45) is 6.42. The van der Waals surface area contributed by atoms with Crippen molar-refractivity contribution >= 4 is 32.2 Å². The molecule has 2 aromatic heterocycles. The minimum atomic E-state index is -3.23. The number of aromatic nitrogens is 2. The highest BCUT2D eigenvalue weighted by molar-refractivity contribution is 7.90. The van der Waals surface area contributed by atoms with E-state index < -0.39 is 21.0 Å². The van der Waals surface area contributed by atoms with E-state index in [1.54, 1.807) is 19.2 Å². The van der Waals surface area contributed by atoms with Gasteiger partial charge in [0.2, 0.25) is 5.88 Å². The molecule has 0 unspecified atom stereocenters. The molecule has 0 bridgehead atoms. The summed E-state index contributed by atoms with van der Waals surface area (Å²) in [6.45, 7) is 1.87. The summed E-state index contributed by atoms with van der Waals surface area (Å²) in [6, 6.07) is 1.64. The second kappa shape index (κ2) is 7.95. The van der Waals surface area contributed by atoms with Crippen LogP contribution in [-0.2, 0) is 20.1 Å². The average Bonchev–Trinajstić information content (AvgIpc) is 2.58. The lowest BCUT2D eigenvalue weighted by Crippen LogP contribution is -2.49. The van der Waals surface area contributed by atoms with Crippen LogP contribution in [0.15, 0.2) is 23.6 Å². The van der Waals surface area contributed by atoms with Crippen LogP contribution in [0, 0.1) is 0 Å². The monoisotopic (exact) mass is 439 g/mol. The van der Waals surface area contributed by atoms with Crippen LogP contribution in [-0.4, -0.2) is 49.7 Å². The lowest BCUT2D eigenvalue weighted by molar-refractivity contribution is 0.0120. The molecular weight excluding hydrogens is 418 g/mol. The number of ether oxygens (including phenoxy) is 2. The van der Waals surface area contributed by atoms with Crippen molar-refractivity contribution in [1.82, 2.24) is 9.97 Å². The van der Waals surface area contributed by atoms with Crippen LogP contribution in [0.3, 0.4) is 0 Å². The van der Waals surface area contributed by atoms with Crippen molar-refractivity contribution in [2.45, 2.75) is 37.3 Å². The summed E-state index contributed by atoms with van der Waals surface area (Å²) in [7, 11) is -1.72. The highest BCUT2D eigenvalue weighted by atomic mass is 35.5. The van der Waals surface area contributed by atoms with Gasteiger partial charge in [0.05, 0.1) is 23.3 Å². The predicted octanol–water partition coefficient (Wildman–Crippen LogP) is 3.80. The number of sulfone groups is 1. The van der Waals surface area contributed by atoms with Gasteiger partial charge in [0.15, 0.2) is 9.84 Å². The quantitative estimate of drug-likeness (QED) is 0.266. The van der Waals surface area contributed by atoms with Crippen LogP contribution in [0.2, 0.25) is 5.15 Å². The van der Waals surface area contributed by atoms with Gasteiger partial charge in [-0.2, -0.15) is 0 Å². The van der Waals surface area contributed by atoms with E-state index in [1.807, 2.05) is 0 Å². The number of methoxy groups -OCH3 is 1. The van der Waals surface area contributed by atoms with Gasteiger partial charge >= 0.3 is 0 Å². The fourth-order valence-electron chi connectivity index (χ4n) is 3.67. The molecule has 2 aromatic rings. The Morgan fingerprint density at radius 2 is 2.07 bits per heavy atom. The fourth-order valence-corrected chi connectivity index (χ4v) is 5.13. The molecule has 0 aromatic carbocycles. The zero-order valence-corrected chi connectivity index (χ0v) is 18.0. The van der Waals surface area contributed by atoms with Crippen LogP contribution >= 0.6 is 11.6 Å². The van der Waals surface area contributed by atoms with Crippen LogP contribution in [0.1, 0.15) is 31.7 Å². The lowest BCUT2D eigenvalue weighted by atomic mass is 9.81. The smallest absolute Gasteiger partial charge is 0.223 e. The summed E-state index contributed by atoms with van der Waals surface area (Å²) in [4.78, 5) is 11.5. The number of azide groups is 1. The molecule has 1 saturated carbocycles. The number of nitrogens with zero attached hydrogens (tertiary/aromatic N) is 5. The third kappa shape index (κ3) is 4.56. The first kappa shape index (κ1) is 21.6. The zero-order chi connectivity index (χ0) is 21.3. The molecule has 0 radical (unpaired) electrons. The molecule has 0 amide bonds. The van der Waals surface area contributed by atoms with E-state index in [0.717, 1.165) is 6.42 Å². The minimum Gasteiger partial charge on any atom is -0.469 e.